The summed E-state index contributed by atoms with van der Waals surface area (Å²) in [6, 6.07) is 8.14. The van der Waals surface area contributed by atoms with Crippen molar-refractivity contribution in [2.24, 2.45) is 0 Å². The summed E-state index contributed by atoms with van der Waals surface area (Å²) in [5, 5.41) is 0. The van der Waals surface area contributed by atoms with E-state index in [9.17, 15) is 0 Å². The third kappa shape index (κ3) is 2.30. The van der Waals surface area contributed by atoms with Crippen molar-refractivity contribution in [3.63, 3.8) is 0 Å². The van der Waals surface area contributed by atoms with Gasteiger partial charge in [-0.05, 0) is 35.8 Å². The third-order valence-electron chi connectivity index (χ3n) is 2.06. The molecule has 0 amide bonds. The molecule has 1 aromatic carbocycles. The van der Waals surface area contributed by atoms with Gasteiger partial charge in [-0.1, -0.05) is 0 Å². The van der Waals surface area contributed by atoms with Crippen LogP contribution < -0.4 is 4.90 Å². The number of hydrogen-bond donors (Lipinski definition) is 1. The van der Waals surface area contributed by atoms with Crippen LogP contribution in [0.3, 0.4) is 0 Å². The second kappa shape index (κ2) is 4.20. The summed E-state index contributed by atoms with van der Waals surface area (Å²) in [4.78, 5) is 6.27. The fourth-order valence-corrected chi connectivity index (χ4v) is 1.90. The molecule has 0 spiro atoms. The molecule has 0 bridgehead atoms. The third-order valence-corrected chi connectivity index (χ3v) is 2.92. The van der Waals surface area contributed by atoms with Crippen LogP contribution in [0.25, 0.3) is 11.4 Å². The standard InChI is InChI=1S/C10H11N3S2/c1-13(2)8-5-3-7(4-6-8)9-11-10(14)15-12-9/h3-6H,1-2H3,(H,11,12,14). The molecule has 0 fully saturated rings. The van der Waals surface area contributed by atoms with Gasteiger partial charge >= 0.3 is 0 Å². The molecule has 3 nitrogen and oxygen atoms in total. The number of nitrogens with zero attached hydrogens (tertiary/aromatic N) is 3. The molecule has 0 aliphatic rings. The van der Waals surface area contributed by atoms with Crippen LogP contribution in [0.15, 0.2) is 28.6 Å². The van der Waals surface area contributed by atoms with Gasteiger partial charge in [0.1, 0.15) is 0 Å². The van der Waals surface area contributed by atoms with Crippen molar-refractivity contribution in [1.29, 1.82) is 0 Å². The average Bonchev–Trinajstić information content (AvgIpc) is 2.65. The molecule has 2 rings (SSSR count). The zero-order chi connectivity index (χ0) is 10.8. The Morgan fingerprint density at radius 2 is 1.87 bits per heavy atom. The Bertz CT molecular complexity index is 448. The minimum Gasteiger partial charge on any atom is -0.378 e. The van der Waals surface area contributed by atoms with Gasteiger partial charge in [0.25, 0.3) is 0 Å². The Labute approximate surface area is 98.4 Å². The summed E-state index contributed by atoms with van der Waals surface area (Å²) in [5.74, 6) is 0.746. The molecule has 15 heavy (non-hydrogen) atoms. The predicted molar refractivity (Wildman–Crippen MR) is 66.9 cm³/mol. The van der Waals surface area contributed by atoms with Crippen molar-refractivity contribution in [1.82, 2.24) is 9.36 Å². The number of anilines is 1. The lowest BCUT2D eigenvalue weighted by Gasteiger charge is -2.11. The highest BCUT2D eigenvalue weighted by molar-refractivity contribution is 7.82. The van der Waals surface area contributed by atoms with Crippen LogP contribution in [0.5, 0.6) is 0 Å². The van der Waals surface area contributed by atoms with E-state index in [1.807, 2.05) is 26.2 Å². The molecule has 5 heteroatoms. The van der Waals surface area contributed by atoms with E-state index >= 15 is 0 Å². The van der Waals surface area contributed by atoms with E-state index < -0.39 is 0 Å². The molecular weight excluding hydrogens is 226 g/mol. The van der Waals surface area contributed by atoms with Crippen LogP contribution in [0.1, 0.15) is 0 Å². The van der Waals surface area contributed by atoms with Crippen molar-refractivity contribution in [3.05, 3.63) is 24.3 Å². The zero-order valence-corrected chi connectivity index (χ0v) is 10.2. The Kier molecular flexibility index (Phi) is 2.93. The minimum atomic E-state index is 0.696. The maximum absolute atomic E-state index is 4.21. The van der Waals surface area contributed by atoms with Gasteiger partial charge < -0.3 is 4.90 Å². The summed E-state index contributed by atoms with van der Waals surface area (Å²) in [5.41, 5.74) is 2.19. The van der Waals surface area contributed by atoms with Crippen LogP contribution in [0.2, 0.25) is 0 Å². The normalized spacial score (nSPS) is 10.3. The second-order valence-corrected chi connectivity index (χ2v) is 4.82. The summed E-state index contributed by atoms with van der Waals surface area (Å²) < 4.78 is 4.90. The molecule has 0 aliphatic carbocycles. The van der Waals surface area contributed by atoms with Crippen molar-refractivity contribution in [3.8, 4) is 11.4 Å². The van der Waals surface area contributed by atoms with E-state index in [1.165, 1.54) is 17.2 Å². The van der Waals surface area contributed by atoms with Crippen LogP contribution in [-0.4, -0.2) is 23.5 Å². The van der Waals surface area contributed by atoms with Crippen LogP contribution in [0.4, 0.5) is 5.69 Å². The van der Waals surface area contributed by atoms with Gasteiger partial charge in [-0.15, -0.1) is 12.6 Å². The maximum atomic E-state index is 4.21. The lowest BCUT2D eigenvalue weighted by Crippen LogP contribution is -2.07. The Morgan fingerprint density at radius 3 is 2.33 bits per heavy atom. The van der Waals surface area contributed by atoms with E-state index in [0.29, 0.717) is 4.34 Å². The lowest BCUT2D eigenvalue weighted by atomic mass is 10.2. The summed E-state index contributed by atoms with van der Waals surface area (Å²) in [6.07, 6.45) is 0. The molecule has 0 saturated carbocycles. The first-order valence-corrected chi connectivity index (χ1v) is 5.69. The van der Waals surface area contributed by atoms with Gasteiger partial charge in [0.05, 0.1) is 0 Å². The van der Waals surface area contributed by atoms with Crippen LogP contribution in [-0.2, 0) is 0 Å². The highest BCUT2D eigenvalue weighted by Crippen LogP contribution is 2.22. The second-order valence-electron chi connectivity index (χ2n) is 3.34. The molecule has 0 saturated heterocycles. The van der Waals surface area contributed by atoms with E-state index in [2.05, 4.69) is 39.0 Å². The topological polar surface area (TPSA) is 29.0 Å². The Morgan fingerprint density at radius 1 is 1.20 bits per heavy atom. The number of aromatic nitrogens is 2. The minimum absolute atomic E-state index is 0.696. The van der Waals surface area contributed by atoms with Crippen LogP contribution in [0, 0.1) is 0 Å². The molecule has 0 N–H and O–H groups in total. The predicted octanol–water partition coefficient (Wildman–Crippen LogP) is 2.56. The highest BCUT2D eigenvalue weighted by Gasteiger charge is 2.04. The van der Waals surface area contributed by atoms with E-state index in [4.69, 9.17) is 0 Å². The molecule has 0 atom stereocenters. The van der Waals surface area contributed by atoms with Gasteiger partial charge in [-0.3, -0.25) is 0 Å². The molecular formula is C10H11N3S2. The number of hydrogen-bond acceptors (Lipinski definition) is 5. The van der Waals surface area contributed by atoms with E-state index in [1.54, 1.807) is 0 Å². The van der Waals surface area contributed by atoms with Crippen molar-refractivity contribution in [2.75, 3.05) is 19.0 Å². The fraction of sp³-hybridized carbons (Fsp3) is 0.200. The first-order valence-electron chi connectivity index (χ1n) is 4.47. The molecule has 1 heterocycles. The van der Waals surface area contributed by atoms with E-state index in [-0.39, 0.29) is 0 Å². The Balaban J connectivity index is 2.31. The quantitative estimate of drug-likeness (QED) is 0.814. The smallest absolute Gasteiger partial charge is 0.174 e. The average molecular weight is 237 g/mol. The first-order chi connectivity index (χ1) is 7.16. The molecule has 78 valence electrons. The Hall–Kier alpha value is -1.07. The first kappa shape index (κ1) is 10.4. The highest BCUT2D eigenvalue weighted by atomic mass is 32.2. The summed E-state index contributed by atoms with van der Waals surface area (Å²) in [6.45, 7) is 0. The zero-order valence-electron chi connectivity index (χ0n) is 8.51. The SMILES string of the molecule is CN(C)c1ccc(-c2nsc(S)n2)cc1. The van der Waals surface area contributed by atoms with Crippen molar-refractivity contribution < 1.29 is 0 Å². The van der Waals surface area contributed by atoms with Crippen LogP contribution >= 0.6 is 24.2 Å². The van der Waals surface area contributed by atoms with Gasteiger partial charge in [0.2, 0.25) is 0 Å². The molecule has 0 unspecified atom stereocenters. The monoisotopic (exact) mass is 237 g/mol. The fourth-order valence-electron chi connectivity index (χ4n) is 1.24. The van der Waals surface area contributed by atoms with Gasteiger partial charge in [0, 0.05) is 25.3 Å². The van der Waals surface area contributed by atoms with Gasteiger partial charge in [0.15, 0.2) is 10.2 Å². The molecule has 0 aliphatic heterocycles. The molecule has 2 aromatic rings. The summed E-state index contributed by atoms with van der Waals surface area (Å²) >= 11 is 5.45. The number of thiol groups is 1. The summed E-state index contributed by atoms with van der Waals surface area (Å²) in [7, 11) is 4.03. The van der Waals surface area contributed by atoms with Crippen molar-refractivity contribution >= 4 is 29.8 Å². The van der Waals surface area contributed by atoms with Gasteiger partial charge in [-0.25, -0.2) is 4.98 Å². The molecule has 1 aromatic heterocycles. The number of rotatable bonds is 2. The number of benzene rings is 1. The van der Waals surface area contributed by atoms with E-state index in [0.717, 1.165) is 11.4 Å². The lowest BCUT2D eigenvalue weighted by molar-refractivity contribution is 1.13. The maximum Gasteiger partial charge on any atom is 0.174 e. The van der Waals surface area contributed by atoms with Gasteiger partial charge in [-0.2, -0.15) is 4.37 Å². The largest absolute Gasteiger partial charge is 0.378 e. The molecule has 0 radical (unpaired) electrons. The van der Waals surface area contributed by atoms with Crippen molar-refractivity contribution in [2.45, 2.75) is 4.34 Å².